The zero-order chi connectivity index (χ0) is 20.7. The van der Waals surface area contributed by atoms with E-state index >= 15 is 0 Å². The van der Waals surface area contributed by atoms with Gasteiger partial charge in [-0.25, -0.2) is 9.18 Å². The van der Waals surface area contributed by atoms with E-state index in [9.17, 15) is 14.0 Å². The van der Waals surface area contributed by atoms with Gasteiger partial charge < -0.3 is 10.6 Å². The Kier molecular flexibility index (Phi) is 7.66. The van der Waals surface area contributed by atoms with Crippen molar-refractivity contribution in [2.24, 2.45) is 5.41 Å². The van der Waals surface area contributed by atoms with E-state index in [2.05, 4.69) is 10.6 Å². The van der Waals surface area contributed by atoms with Gasteiger partial charge in [0.25, 0.3) is 0 Å². The second-order valence-electron chi connectivity index (χ2n) is 6.84. The number of benzene rings is 2. The van der Waals surface area contributed by atoms with E-state index < -0.39 is 17.3 Å². The topological polar surface area (TPSA) is 61.4 Å². The normalized spacial score (nSPS) is 11.0. The van der Waals surface area contributed by atoms with Crippen molar-refractivity contribution in [3.05, 3.63) is 59.4 Å². The molecule has 5 nitrogen and oxygen atoms in total. The van der Waals surface area contributed by atoms with Gasteiger partial charge in [-0.05, 0) is 62.4 Å². The van der Waals surface area contributed by atoms with E-state index in [-0.39, 0.29) is 24.9 Å². The molecule has 0 fully saturated rings. The van der Waals surface area contributed by atoms with Crippen LogP contribution in [-0.4, -0.2) is 30.9 Å². The van der Waals surface area contributed by atoms with E-state index in [1.807, 2.05) is 0 Å². The maximum atomic E-state index is 13.3. The van der Waals surface area contributed by atoms with Crippen LogP contribution in [0.1, 0.15) is 13.8 Å². The van der Waals surface area contributed by atoms with Gasteiger partial charge >= 0.3 is 6.03 Å². The van der Waals surface area contributed by atoms with Crippen LogP contribution in [0.3, 0.4) is 0 Å². The molecule has 0 unspecified atom stereocenters. The van der Waals surface area contributed by atoms with Crippen molar-refractivity contribution in [1.29, 1.82) is 0 Å². The molecule has 3 amide bonds. The summed E-state index contributed by atoms with van der Waals surface area (Å²) in [7, 11) is 0. The highest BCUT2D eigenvalue weighted by molar-refractivity contribution is 6.30. The quantitative estimate of drug-likeness (QED) is 0.619. The maximum Gasteiger partial charge on any atom is 0.326 e. The molecule has 0 radical (unpaired) electrons. The van der Waals surface area contributed by atoms with Gasteiger partial charge in [0.15, 0.2) is 0 Å². The van der Waals surface area contributed by atoms with Crippen molar-refractivity contribution in [3.8, 4) is 0 Å². The lowest BCUT2D eigenvalue weighted by atomic mass is 9.95. The van der Waals surface area contributed by atoms with Crippen LogP contribution in [0.4, 0.5) is 20.6 Å². The molecule has 0 saturated carbocycles. The second-order valence-corrected chi connectivity index (χ2v) is 7.54. The number of nitrogens with zero attached hydrogens (tertiary/aromatic N) is 1. The zero-order valence-electron chi connectivity index (χ0n) is 15.6. The lowest BCUT2D eigenvalue weighted by molar-refractivity contribution is -0.128. The summed E-state index contributed by atoms with van der Waals surface area (Å²) < 4.78 is 13.3. The summed E-state index contributed by atoms with van der Waals surface area (Å²) in [5, 5.41) is 6.09. The fourth-order valence-electron chi connectivity index (χ4n) is 2.27. The number of anilines is 2. The highest BCUT2D eigenvalue weighted by Crippen LogP contribution is 2.19. The molecule has 2 aromatic carbocycles. The summed E-state index contributed by atoms with van der Waals surface area (Å²) in [4.78, 5) is 26.4. The van der Waals surface area contributed by atoms with Crippen molar-refractivity contribution in [2.75, 3.05) is 29.2 Å². The molecule has 0 bridgehead atoms. The molecular weight excluding hydrogens is 404 g/mol. The number of amides is 3. The van der Waals surface area contributed by atoms with Crippen LogP contribution in [0, 0.1) is 11.2 Å². The number of alkyl halides is 1. The molecule has 0 aromatic heterocycles. The Labute approximate surface area is 173 Å². The molecule has 0 aliphatic rings. The largest absolute Gasteiger partial charge is 0.354 e. The summed E-state index contributed by atoms with van der Waals surface area (Å²) in [5.74, 6) is -0.434. The predicted molar refractivity (Wildman–Crippen MR) is 112 cm³/mol. The summed E-state index contributed by atoms with van der Waals surface area (Å²) >= 11 is 11.7. The van der Waals surface area contributed by atoms with Gasteiger partial charge in [-0.2, -0.15) is 0 Å². The van der Waals surface area contributed by atoms with Gasteiger partial charge in [0.2, 0.25) is 5.91 Å². The lowest BCUT2D eigenvalue weighted by Gasteiger charge is -2.25. The van der Waals surface area contributed by atoms with Crippen molar-refractivity contribution < 1.29 is 14.0 Å². The van der Waals surface area contributed by atoms with Gasteiger partial charge in [-0.3, -0.25) is 9.69 Å². The highest BCUT2D eigenvalue weighted by atomic mass is 35.5. The lowest BCUT2D eigenvalue weighted by Crippen LogP contribution is -2.44. The minimum atomic E-state index is -0.714. The van der Waals surface area contributed by atoms with E-state index in [4.69, 9.17) is 23.2 Å². The third-order valence-electron chi connectivity index (χ3n) is 4.05. The third-order valence-corrected chi connectivity index (χ3v) is 4.97. The number of carbonyl (C=O) groups is 2. The van der Waals surface area contributed by atoms with Crippen LogP contribution in [0.25, 0.3) is 0 Å². The van der Waals surface area contributed by atoms with Crippen molar-refractivity contribution in [2.45, 2.75) is 13.8 Å². The number of halogens is 3. The van der Waals surface area contributed by atoms with Crippen LogP contribution >= 0.6 is 23.2 Å². The number of hydrogen-bond acceptors (Lipinski definition) is 2. The van der Waals surface area contributed by atoms with E-state index in [0.717, 1.165) is 0 Å². The molecule has 2 rings (SSSR count). The van der Waals surface area contributed by atoms with Crippen molar-refractivity contribution >= 4 is 46.5 Å². The molecule has 2 N–H and O–H groups in total. The van der Waals surface area contributed by atoms with Gasteiger partial charge in [-0.1, -0.05) is 11.6 Å². The van der Waals surface area contributed by atoms with Gasteiger partial charge in [0.05, 0.1) is 5.41 Å². The fourth-order valence-corrected chi connectivity index (χ4v) is 2.52. The van der Waals surface area contributed by atoms with Crippen LogP contribution < -0.4 is 15.5 Å². The Hall–Kier alpha value is -2.31. The van der Waals surface area contributed by atoms with Gasteiger partial charge in [0, 0.05) is 35.4 Å². The molecule has 2 aromatic rings. The van der Waals surface area contributed by atoms with E-state index in [1.165, 1.54) is 29.2 Å². The first-order chi connectivity index (χ1) is 13.2. The fraction of sp³-hybridized carbons (Fsp3) is 0.300. The summed E-state index contributed by atoms with van der Waals surface area (Å²) in [6, 6.07) is 11.8. The molecule has 28 heavy (non-hydrogen) atoms. The Balaban J connectivity index is 2.10. The van der Waals surface area contributed by atoms with Gasteiger partial charge in [0.1, 0.15) is 5.82 Å². The Morgan fingerprint density at radius 2 is 1.68 bits per heavy atom. The highest BCUT2D eigenvalue weighted by Gasteiger charge is 2.26. The summed E-state index contributed by atoms with van der Waals surface area (Å²) in [5.41, 5.74) is 0.348. The molecule has 0 spiro atoms. The second kappa shape index (κ2) is 9.75. The first-order valence-electron chi connectivity index (χ1n) is 8.67. The van der Waals surface area contributed by atoms with E-state index in [0.29, 0.717) is 16.4 Å². The Morgan fingerprint density at radius 3 is 2.25 bits per heavy atom. The molecule has 0 saturated heterocycles. The average molecular weight is 426 g/mol. The molecule has 0 atom stereocenters. The van der Waals surface area contributed by atoms with Crippen LogP contribution in [0.15, 0.2) is 48.5 Å². The molecule has 0 heterocycles. The smallest absolute Gasteiger partial charge is 0.326 e. The molecule has 0 aliphatic carbocycles. The van der Waals surface area contributed by atoms with Crippen LogP contribution in [0.2, 0.25) is 5.02 Å². The zero-order valence-corrected chi connectivity index (χ0v) is 17.1. The Bertz CT molecular complexity index is 811. The van der Waals surface area contributed by atoms with Crippen LogP contribution in [-0.2, 0) is 4.79 Å². The first-order valence-corrected chi connectivity index (χ1v) is 9.58. The number of carbonyl (C=O) groups excluding carboxylic acids is 2. The van der Waals surface area contributed by atoms with Crippen molar-refractivity contribution in [1.82, 2.24) is 5.32 Å². The number of urea groups is 1. The van der Waals surface area contributed by atoms with Crippen molar-refractivity contribution in [3.63, 3.8) is 0 Å². The minimum Gasteiger partial charge on any atom is -0.354 e. The number of nitrogens with one attached hydrogen (secondary N) is 2. The van der Waals surface area contributed by atoms with Gasteiger partial charge in [-0.15, -0.1) is 11.6 Å². The Morgan fingerprint density at radius 1 is 1.07 bits per heavy atom. The molecule has 8 heteroatoms. The SMILES string of the molecule is CC(C)(CCl)C(=O)NCCN(C(=O)Nc1ccc(Cl)cc1)c1ccc(F)cc1. The standard InChI is InChI=1S/C20H22Cl2FN3O2/c1-20(2,13-21)18(27)24-11-12-26(17-9-5-15(23)6-10-17)19(28)25-16-7-3-14(22)4-8-16/h3-10H,11-13H2,1-2H3,(H,24,27)(H,25,28). The van der Waals surface area contributed by atoms with Crippen LogP contribution in [0.5, 0.6) is 0 Å². The minimum absolute atomic E-state index is 0.178. The number of rotatable bonds is 7. The monoisotopic (exact) mass is 425 g/mol. The molecule has 0 aliphatic heterocycles. The predicted octanol–water partition coefficient (Wildman–Crippen LogP) is 4.90. The number of hydrogen-bond donors (Lipinski definition) is 2. The maximum absolute atomic E-state index is 13.3. The summed E-state index contributed by atoms with van der Waals surface area (Å²) in [6.07, 6.45) is 0. The third kappa shape index (κ3) is 6.11. The molecular formula is C20H22Cl2FN3O2. The average Bonchev–Trinajstić information content (AvgIpc) is 2.67. The summed E-state index contributed by atoms with van der Waals surface area (Å²) in [6.45, 7) is 3.88. The first kappa shape index (κ1) is 22.0. The van der Waals surface area contributed by atoms with E-state index in [1.54, 1.807) is 38.1 Å². The molecule has 150 valence electrons.